The Bertz CT molecular complexity index is 395. The molecule has 0 saturated heterocycles. The number of aliphatic hydroxyl groups is 1. The topological polar surface area (TPSA) is 70.1 Å². The predicted octanol–water partition coefficient (Wildman–Crippen LogP) is 1.75. The van der Waals surface area contributed by atoms with Crippen LogP contribution in [0.25, 0.3) is 0 Å². The molecule has 0 aromatic carbocycles. The Morgan fingerprint density at radius 3 is 2.88 bits per heavy atom. The molecule has 1 aliphatic rings. The third-order valence-corrected chi connectivity index (χ3v) is 3.47. The molecule has 0 bridgehead atoms. The first-order valence-corrected chi connectivity index (χ1v) is 6.12. The molecule has 5 nitrogen and oxygen atoms in total. The summed E-state index contributed by atoms with van der Waals surface area (Å²) in [5.41, 5.74) is 0.239. The monoisotopic (exact) mass is 256 g/mol. The highest BCUT2D eigenvalue weighted by Crippen LogP contribution is 2.48. The summed E-state index contributed by atoms with van der Waals surface area (Å²) in [7, 11) is 1.77. The first-order valence-electron chi connectivity index (χ1n) is 5.74. The van der Waals surface area contributed by atoms with Crippen LogP contribution >= 0.6 is 11.6 Å². The zero-order valence-corrected chi connectivity index (χ0v) is 10.6. The highest BCUT2D eigenvalue weighted by Gasteiger charge is 2.41. The maximum Gasteiger partial charge on any atom is 0.224 e. The predicted molar refractivity (Wildman–Crippen MR) is 68.4 cm³/mol. The van der Waals surface area contributed by atoms with Crippen LogP contribution in [0.3, 0.4) is 0 Å². The van der Waals surface area contributed by atoms with Gasteiger partial charge in [0.2, 0.25) is 5.95 Å². The number of anilines is 2. The maximum atomic E-state index is 8.99. The summed E-state index contributed by atoms with van der Waals surface area (Å²) in [6.45, 7) is 1.04. The van der Waals surface area contributed by atoms with Crippen molar-refractivity contribution in [3.8, 4) is 0 Å². The van der Waals surface area contributed by atoms with Gasteiger partial charge in [-0.05, 0) is 24.7 Å². The number of aliphatic hydroxyl groups excluding tert-OH is 1. The van der Waals surface area contributed by atoms with E-state index < -0.39 is 0 Å². The fraction of sp³-hybridized carbons (Fsp3) is 0.636. The lowest BCUT2D eigenvalue weighted by Crippen LogP contribution is -2.18. The van der Waals surface area contributed by atoms with Crippen LogP contribution in [-0.2, 0) is 0 Å². The summed E-state index contributed by atoms with van der Waals surface area (Å²) >= 11 is 6.01. The van der Waals surface area contributed by atoms with Gasteiger partial charge in [0.25, 0.3) is 0 Å². The molecule has 1 fully saturated rings. The van der Waals surface area contributed by atoms with E-state index in [1.165, 1.54) is 0 Å². The SMILES string of the molecule is CNc1ncc(Cl)c(NCC2(CCO)CC2)n1. The molecule has 0 aliphatic heterocycles. The molecule has 0 unspecified atom stereocenters. The molecule has 1 aromatic rings. The minimum absolute atomic E-state index is 0.237. The Kier molecular flexibility index (Phi) is 3.69. The Balaban J connectivity index is 1.98. The van der Waals surface area contributed by atoms with E-state index in [2.05, 4.69) is 20.6 Å². The van der Waals surface area contributed by atoms with E-state index >= 15 is 0 Å². The van der Waals surface area contributed by atoms with Gasteiger partial charge in [0.15, 0.2) is 5.82 Å². The molecule has 0 spiro atoms. The van der Waals surface area contributed by atoms with Crippen molar-refractivity contribution in [3.05, 3.63) is 11.2 Å². The first kappa shape index (κ1) is 12.4. The second kappa shape index (κ2) is 5.06. The van der Waals surface area contributed by atoms with Crippen molar-refractivity contribution in [1.29, 1.82) is 0 Å². The molecule has 1 aromatic heterocycles. The average molecular weight is 257 g/mol. The summed E-state index contributed by atoms with van der Waals surface area (Å²) < 4.78 is 0. The van der Waals surface area contributed by atoms with Gasteiger partial charge in [-0.2, -0.15) is 4.98 Å². The highest BCUT2D eigenvalue weighted by atomic mass is 35.5. The largest absolute Gasteiger partial charge is 0.396 e. The van der Waals surface area contributed by atoms with E-state index in [-0.39, 0.29) is 12.0 Å². The van der Waals surface area contributed by atoms with Crippen LogP contribution in [0, 0.1) is 5.41 Å². The molecule has 1 heterocycles. The quantitative estimate of drug-likeness (QED) is 0.723. The Morgan fingerprint density at radius 1 is 1.53 bits per heavy atom. The number of aromatic nitrogens is 2. The molecule has 1 saturated carbocycles. The third kappa shape index (κ3) is 2.98. The van der Waals surface area contributed by atoms with Gasteiger partial charge in [0.05, 0.1) is 6.20 Å². The summed E-state index contributed by atoms with van der Waals surface area (Å²) in [5.74, 6) is 1.19. The molecule has 2 rings (SSSR count). The molecular weight excluding hydrogens is 240 g/mol. The van der Waals surface area contributed by atoms with E-state index in [4.69, 9.17) is 16.7 Å². The van der Waals surface area contributed by atoms with Crippen LogP contribution in [0.4, 0.5) is 11.8 Å². The van der Waals surface area contributed by atoms with Crippen LogP contribution in [-0.4, -0.2) is 35.3 Å². The van der Waals surface area contributed by atoms with Crippen molar-refractivity contribution < 1.29 is 5.11 Å². The standard InChI is InChI=1S/C11H17ClN4O/c1-13-10-14-6-8(12)9(16-10)15-7-11(2-3-11)4-5-17/h6,17H,2-5,7H2,1H3,(H2,13,14,15,16). The summed E-state index contributed by atoms with van der Waals surface area (Å²) in [6.07, 6.45) is 4.72. The highest BCUT2D eigenvalue weighted by molar-refractivity contribution is 6.32. The molecular formula is C11H17ClN4O. The fourth-order valence-corrected chi connectivity index (χ4v) is 1.97. The Labute approximate surface area is 106 Å². The normalized spacial score (nSPS) is 16.6. The number of halogens is 1. The maximum absolute atomic E-state index is 8.99. The van der Waals surface area contributed by atoms with Crippen LogP contribution in [0.1, 0.15) is 19.3 Å². The van der Waals surface area contributed by atoms with Crippen molar-refractivity contribution in [2.24, 2.45) is 5.41 Å². The molecule has 17 heavy (non-hydrogen) atoms. The average Bonchev–Trinajstić information content (AvgIpc) is 3.09. The molecule has 0 amide bonds. The Hall–Kier alpha value is -1.07. The first-order chi connectivity index (χ1) is 8.19. The lowest BCUT2D eigenvalue weighted by Gasteiger charge is -2.15. The van der Waals surface area contributed by atoms with E-state index in [1.807, 2.05) is 0 Å². The molecule has 6 heteroatoms. The number of rotatable bonds is 6. The molecule has 1 aliphatic carbocycles. The summed E-state index contributed by atoms with van der Waals surface area (Å²) in [4.78, 5) is 8.27. The van der Waals surface area contributed by atoms with Gasteiger partial charge in [-0.3, -0.25) is 0 Å². The summed E-state index contributed by atoms with van der Waals surface area (Å²) in [5, 5.41) is 15.6. The zero-order chi connectivity index (χ0) is 12.3. The van der Waals surface area contributed by atoms with Gasteiger partial charge < -0.3 is 15.7 Å². The van der Waals surface area contributed by atoms with Gasteiger partial charge in [0, 0.05) is 20.2 Å². The number of nitrogens with one attached hydrogen (secondary N) is 2. The molecule has 0 radical (unpaired) electrons. The lowest BCUT2D eigenvalue weighted by molar-refractivity contribution is 0.253. The van der Waals surface area contributed by atoms with Crippen molar-refractivity contribution in [2.75, 3.05) is 30.8 Å². The van der Waals surface area contributed by atoms with Crippen molar-refractivity contribution in [3.63, 3.8) is 0 Å². The van der Waals surface area contributed by atoms with E-state index in [9.17, 15) is 0 Å². The second-order valence-electron chi connectivity index (χ2n) is 4.47. The van der Waals surface area contributed by atoms with Gasteiger partial charge >= 0.3 is 0 Å². The van der Waals surface area contributed by atoms with E-state index in [0.717, 1.165) is 25.8 Å². The minimum atomic E-state index is 0.237. The van der Waals surface area contributed by atoms with Gasteiger partial charge in [-0.15, -0.1) is 0 Å². The van der Waals surface area contributed by atoms with E-state index in [0.29, 0.717) is 16.8 Å². The smallest absolute Gasteiger partial charge is 0.224 e. The number of nitrogens with zero attached hydrogens (tertiary/aromatic N) is 2. The molecule has 94 valence electrons. The third-order valence-electron chi connectivity index (χ3n) is 3.20. The van der Waals surface area contributed by atoms with Gasteiger partial charge in [-0.25, -0.2) is 4.98 Å². The van der Waals surface area contributed by atoms with Crippen LogP contribution in [0.5, 0.6) is 0 Å². The summed E-state index contributed by atoms with van der Waals surface area (Å²) in [6, 6.07) is 0. The van der Waals surface area contributed by atoms with Crippen molar-refractivity contribution in [1.82, 2.24) is 9.97 Å². The van der Waals surface area contributed by atoms with Crippen molar-refractivity contribution in [2.45, 2.75) is 19.3 Å². The van der Waals surface area contributed by atoms with Gasteiger partial charge in [0.1, 0.15) is 5.02 Å². The van der Waals surface area contributed by atoms with Gasteiger partial charge in [-0.1, -0.05) is 11.6 Å². The van der Waals surface area contributed by atoms with Crippen LogP contribution in [0.15, 0.2) is 6.20 Å². The Morgan fingerprint density at radius 2 is 2.29 bits per heavy atom. The number of hydrogen-bond donors (Lipinski definition) is 3. The van der Waals surface area contributed by atoms with Crippen molar-refractivity contribution >= 4 is 23.4 Å². The second-order valence-corrected chi connectivity index (χ2v) is 4.87. The molecule has 3 N–H and O–H groups in total. The van der Waals surface area contributed by atoms with Crippen LogP contribution in [0.2, 0.25) is 5.02 Å². The lowest BCUT2D eigenvalue weighted by atomic mass is 10.0. The zero-order valence-electron chi connectivity index (χ0n) is 9.83. The fourth-order valence-electron chi connectivity index (χ4n) is 1.81. The number of hydrogen-bond acceptors (Lipinski definition) is 5. The molecule has 0 atom stereocenters. The van der Waals surface area contributed by atoms with E-state index in [1.54, 1.807) is 13.2 Å². The van der Waals surface area contributed by atoms with Crippen LogP contribution < -0.4 is 10.6 Å². The minimum Gasteiger partial charge on any atom is -0.396 e.